The molecule has 2 heterocycles. The van der Waals surface area contributed by atoms with Crippen LogP contribution in [-0.4, -0.2) is 21.5 Å². The summed E-state index contributed by atoms with van der Waals surface area (Å²) < 4.78 is 15.6. The minimum atomic E-state index is -0.369. The predicted molar refractivity (Wildman–Crippen MR) is 73.0 cm³/mol. The van der Waals surface area contributed by atoms with Crippen molar-refractivity contribution in [3.05, 3.63) is 22.4 Å². The zero-order chi connectivity index (χ0) is 13.6. The number of aromatic nitrogens is 2. The van der Waals surface area contributed by atoms with E-state index in [-0.39, 0.29) is 17.8 Å². The highest BCUT2D eigenvalue weighted by atomic mass is 79.9. The maximum atomic E-state index is 13.5. The van der Waals surface area contributed by atoms with Crippen molar-refractivity contribution < 1.29 is 9.18 Å². The molecule has 7 heteroatoms. The largest absolute Gasteiger partial charge is 0.369 e. The molecule has 1 saturated heterocycles. The predicted octanol–water partition coefficient (Wildman–Crippen LogP) is 1.80. The third-order valence-corrected chi connectivity index (χ3v) is 3.92. The van der Waals surface area contributed by atoms with Crippen LogP contribution >= 0.6 is 15.9 Å². The van der Waals surface area contributed by atoms with E-state index in [4.69, 9.17) is 5.73 Å². The number of rotatable bonds is 2. The number of benzene rings is 1. The number of hydrogen-bond donors (Lipinski definition) is 2. The minimum Gasteiger partial charge on any atom is -0.369 e. The molecule has 0 aliphatic carbocycles. The van der Waals surface area contributed by atoms with Gasteiger partial charge < -0.3 is 15.6 Å². The van der Waals surface area contributed by atoms with E-state index in [0.717, 1.165) is 11.9 Å². The van der Waals surface area contributed by atoms with Crippen LogP contribution in [0.3, 0.4) is 0 Å². The summed E-state index contributed by atoms with van der Waals surface area (Å²) in [4.78, 5) is 15.3. The van der Waals surface area contributed by atoms with Crippen LogP contribution in [0.4, 0.5) is 10.3 Å². The van der Waals surface area contributed by atoms with Gasteiger partial charge in [-0.1, -0.05) is 0 Å². The first-order valence-corrected chi connectivity index (χ1v) is 6.74. The van der Waals surface area contributed by atoms with Crippen LogP contribution in [0.2, 0.25) is 0 Å². The summed E-state index contributed by atoms with van der Waals surface area (Å²) >= 11 is 3.16. The van der Waals surface area contributed by atoms with Crippen molar-refractivity contribution in [3.8, 4) is 0 Å². The molecule has 1 unspecified atom stereocenters. The van der Waals surface area contributed by atoms with E-state index in [2.05, 4.69) is 26.2 Å². The quantitative estimate of drug-likeness (QED) is 0.883. The molecule has 19 heavy (non-hydrogen) atoms. The van der Waals surface area contributed by atoms with Gasteiger partial charge in [0, 0.05) is 25.1 Å². The summed E-state index contributed by atoms with van der Waals surface area (Å²) in [5.74, 6) is 0.0141. The highest BCUT2D eigenvalue weighted by molar-refractivity contribution is 9.10. The van der Waals surface area contributed by atoms with Crippen molar-refractivity contribution >= 4 is 38.8 Å². The summed E-state index contributed by atoms with van der Waals surface area (Å²) in [5.41, 5.74) is 7.14. The van der Waals surface area contributed by atoms with Crippen LogP contribution in [0.25, 0.3) is 11.0 Å². The number of imidazole rings is 1. The lowest BCUT2D eigenvalue weighted by Gasteiger charge is -2.13. The number of nitrogens with zero attached hydrogens (tertiary/aromatic N) is 2. The second-order valence-corrected chi connectivity index (χ2v) is 5.49. The molecular weight excluding hydrogens is 315 g/mol. The Labute approximate surface area is 117 Å². The van der Waals surface area contributed by atoms with Gasteiger partial charge in [0.1, 0.15) is 5.82 Å². The van der Waals surface area contributed by atoms with Crippen molar-refractivity contribution in [1.82, 2.24) is 14.9 Å². The first-order valence-electron chi connectivity index (χ1n) is 5.94. The molecule has 0 saturated carbocycles. The van der Waals surface area contributed by atoms with E-state index in [1.54, 1.807) is 10.6 Å². The Balaban J connectivity index is 2.00. The number of nitrogens with two attached hydrogens (primary N) is 1. The van der Waals surface area contributed by atoms with E-state index >= 15 is 0 Å². The first-order chi connectivity index (χ1) is 9.04. The average Bonchev–Trinajstić information content (AvgIpc) is 2.87. The topological polar surface area (TPSA) is 72.9 Å². The molecule has 0 radical (unpaired) electrons. The summed E-state index contributed by atoms with van der Waals surface area (Å²) in [5, 5.41) is 2.88. The Hall–Kier alpha value is -1.63. The van der Waals surface area contributed by atoms with Crippen LogP contribution in [0.15, 0.2) is 16.6 Å². The second kappa shape index (κ2) is 4.48. The van der Waals surface area contributed by atoms with Gasteiger partial charge >= 0.3 is 0 Å². The van der Waals surface area contributed by atoms with Crippen molar-refractivity contribution in [2.45, 2.75) is 25.4 Å². The lowest BCUT2D eigenvalue weighted by atomic mass is 10.2. The molecule has 0 spiro atoms. The maximum Gasteiger partial charge on any atom is 0.220 e. The molecule has 100 valence electrons. The van der Waals surface area contributed by atoms with Crippen molar-refractivity contribution in [2.75, 3.05) is 5.73 Å². The zero-order valence-electron chi connectivity index (χ0n) is 9.99. The summed E-state index contributed by atoms with van der Waals surface area (Å²) in [6.07, 6.45) is 1.32. The van der Waals surface area contributed by atoms with Crippen molar-refractivity contribution in [3.63, 3.8) is 0 Å². The van der Waals surface area contributed by atoms with Gasteiger partial charge in [-0.25, -0.2) is 9.37 Å². The third-order valence-electron chi connectivity index (χ3n) is 3.31. The number of fused-ring (bicyclic) bond motifs is 1. The smallest absolute Gasteiger partial charge is 0.220 e. The molecule has 1 aliphatic rings. The third kappa shape index (κ3) is 2.18. The van der Waals surface area contributed by atoms with Gasteiger partial charge in [-0.2, -0.15) is 0 Å². The minimum absolute atomic E-state index is 0.0519. The van der Waals surface area contributed by atoms with Gasteiger partial charge in [0.05, 0.1) is 15.5 Å². The monoisotopic (exact) mass is 326 g/mol. The van der Waals surface area contributed by atoms with Crippen molar-refractivity contribution in [1.29, 1.82) is 0 Å². The Kier molecular flexibility index (Phi) is 2.93. The fourth-order valence-electron chi connectivity index (χ4n) is 2.37. The highest BCUT2D eigenvalue weighted by Gasteiger charge is 2.23. The van der Waals surface area contributed by atoms with Crippen LogP contribution in [0.5, 0.6) is 0 Å². The standard InChI is InChI=1S/C12H12BrFN4O/c13-7-3-10-9(4-8(7)14)17-12(15)18(10)5-6-1-2-11(19)16-6/h3-4,6H,1-2,5H2,(H2,15,17)(H,16,19). The van der Waals surface area contributed by atoms with Crippen LogP contribution in [0, 0.1) is 5.82 Å². The SMILES string of the molecule is Nc1nc2cc(F)c(Br)cc2n1CC1CCC(=O)N1. The Morgan fingerprint density at radius 2 is 2.37 bits per heavy atom. The van der Waals surface area contributed by atoms with Gasteiger partial charge in [-0.05, 0) is 28.4 Å². The first kappa shape index (κ1) is 12.4. The van der Waals surface area contributed by atoms with Gasteiger partial charge in [0.15, 0.2) is 0 Å². The number of carbonyl (C=O) groups is 1. The van der Waals surface area contributed by atoms with Crippen molar-refractivity contribution in [2.24, 2.45) is 0 Å². The van der Waals surface area contributed by atoms with E-state index < -0.39 is 0 Å². The molecule has 1 amide bonds. The molecule has 3 rings (SSSR count). The number of carbonyl (C=O) groups excluding carboxylic acids is 1. The fourth-order valence-corrected chi connectivity index (χ4v) is 2.70. The highest BCUT2D eigenvalue weighted by Crippen LogP contribution is 2.26. The molecule has 2 aromatic rings. The lowest BCUT2D eigenvalue weighted by molar-refractivity contribution is -0.119. The van der Waals surface area contributed by atoms with E-state index in [1.165, 1.54) is 6.07 Å². The molecule has 1 atom stereocenters. The Morgan fingerprint density at radius 1 is 1.58 bits per heavy atom. The number of nitrogen functional groups attached to an aromatic ring is 1. The van der Waals surface area contributed by atoms with E-state index in [1.807, 2.05) is 0 Å². The Bertz CT molecular complexity index is 669. The number of nitrogens with one attached hydrogen (secondary N) is 1. The molecular formula is C12H12BrFN4O. The molecule has 1 aliphatic heterocycles. The molecule has 3 N–H and O–H groups in total. The van der Waals surface area contributed by atoms with Gasteiger partial charge in [-0.3, -0.25) is 4.79 Å². The summed E-state index contributed by atoms with van der Waals surface area (Å²) in [6.45, 7) is 0.548. The molecule has 0 bridgehead atoms. The molecule has 5 nitrogen and oxygen atoms in total. The maximum absolute atomic E-state index is 13.5. The van der Waals surface area contributed by atoms with Gasteiger partial charge in [-0.15, -0.1) is 0 Å². The molecule has 1 fully saturated rings. The number of anilines is 1. The zero-order valence-corrected chi connectivity index (χ0v) is 11.6. The Morgan fingerprint density at radius 3 is 3.05 bits per heavy atom. The van der Waals surface area contributed by atoms with Crippen LogP contribution in [0.1, 0.15) is 12.8 Å². The van der Waals surface area contributed by atoms with E-state index in [0.29, 0.717) is 28.9 Å². The second-order valence-electron chi connectivity index (χ2n) is 4.64. The number of amides is 1. The van der Waals surface area contributed by atoms with E-state index in [9.17, 15) is 9.18 Å². The van der Waals surface area contributed by atoms with Crippen LogP contribution < -0.4 is 11.1 Å². The normalized spacial score (nSPS) is 19.1. The average molecular weight is 327 g/mol. The molecule has 1 aromatic carbocycles. The van der Waals surface area contributed by atoms with Gasteiger partial charge in [0.2, 0.25) is 11.9 Å². The van der Waals surface area contributed by atoms with Gasteiger partial charge in [0.25, 0.3) is 0 Å². The summed E-state index contributed by atoms with van der Waals surface area (Å²) in [6, 6.07) is 3.06. The summed E-state index contributed by atoms with van der Waals surface area (Å²) in [7, 11) is 0. The van der Waals surface area contributed by atoms with Crippen LogP contribution in [-0.2, 0) is 11.3 Å². The molecule has 1 aromatic heterocycles. The lowest BCUT2D eigenvalue weighted by Crippen LogP contribution is -2.29. The number of hydrogen-bond acceptors (Lipinski definition) is 3. The fraction of sp³-hybridized carbons (Fsp3) is 0.333. The number of halogens is 2.